The lowest BCUT2D eigenvalue weighted by Gasteiger charge is -2.37. The minimum atomic E-state index is -4.46. The van der Waals surface area contributed by atoms with Gasteiger partial charge in [0.1, 0.15) is 6.42 Å². The maximum absolute atomic E-state index is 12.3. The van der Waals surface area contributed by atoms with Gasteiger partial charge in [-0.25, -0.2) is 9.48 Å². The summed E-state index contributed by atoms with van der Waals surface area (Å²) in [6, 6.07) is 0. The number of hydrogen-bond donors (Lipinski definition) is 1. The molecule has 0 aliphatic heterocycles. The van der Waals surface area contributed by atoms with Gasteiger partial charge in [-0.3, -0.25) is 0 Å². The smallest absolute Gasteiger partial charge is 0.396 e. The second kappa shape index (κ2) is 3.67. The molecule has 0 radical (unpaired) electrons. The first kappa shape index (κ1) is 11.8. The molecule has 0 unspecified atom stereocenters. The summed E-state index contributed by atoms with van der Waals surface area (Å²) in [5.74, 6) is -1.65. The van der Waals surface area contributed by atoms with Gasteiger partial charge in [0.15, 0.2) is 11.4 Å². The Morgan fingerprint density at radius 2 is 2.12 bits per heavy atom. The summed E-state index contributed by atoms with van der Waals surface area (Å²) in [7, 11) is 0. The van der Waals surface area contributed by atoms with Crippen molar-refractivity contribution >= 4 is 5.97 Å². The largest absolute Gasteiger partial charge is 0.479 e. The Morgan fingerprint density at radius 3 is 2.53 bits per heavy atom. The molecule has 94 valence electrons. The lowest BCUT2D eigenvalue weighted by atomic mass is 9.77. The van der Waals surface area contributed by atoms with Crippen LogP contribution in [-0.4, -0.2) is 37.5 Å². The van der Waals surface area contributed by atoms with Crippen LogP contribution in [0.1, 0.15) is 25.1 Å². The summed E-state index contributed by atoms with van der Waals surface area (Å²) in [5, 5.41) is 18.9. The number of tetrazole rings is 1. The number of aliphatic carboxylic acids is 1. The highest BCUT2D eigenvalue weighted by atomic mass is 19.4. The zero-order valence-corrected chi connectivity index (χ0v) is 8.61. The van der Waals surface area contributed by atoms with E-state index in [1.807, 2.05) is 0 Å². The Labute approximate surface area is 93.4 Å². The van der Waals surface area contributed by atoms with E-state index in [0.717, 1.165) is 4.68 Å². The average Bonchev–Trinajstić information content (AvgIpc) is 2.47. The Kier molecular flexibility index (Phi) is 2.55. The van der Waals surface area contributed by atoms with Crippen LogP contribution >= 0.6 is 0 Å². The van der Waals surface area contributed by atoms with Gasteiger partial charge in [-0.05, 0) is 29.7 Å². The molecule has 6 nitrogen and oxygen atoms in total. The fourth-order valence-corrected chi connectivity index (χ4v) is 1.86. The van der Waals surface area contributed by atoms with Crippen molar-refractivity contribution in [3.05, 3.63) is 5.82 Å². The van der Waals surface area contributed by atoms with Gasteiger partial charge in [0.05, 0.1) is 0 Å². The van der Waals surface area contributed by atoms with Crippen LogP contribution in [0.4, 0.5) is 13.2 Å². The first-order valence-electron chi connectivity index (χ1n) is 4.93. The minimum Gasteiger partial charge on any atom is -0.479 e. The molecule has 1 heterocycles. The van der Waals surface area contributed by atoms with Crippen molar-refractivity contribution < 1.29 is 23.1 Å². The maximum Gasteiger partial charge on any atom is 0.396 e. The zero-order chi connectivity index (χ0) is 12.7. The molecule has 1 aromatic rings. The van der Waals surface area contributed by atoms with Crippen LogP contribution in [0, 0.1) is 0 Å². The molecule has 1 aromatic heterocycles. The van der Waals surface area contributed by atoms with E-state index in [2.05, 4.69) is 15.5 Å². The molecule has 0 bridgehead atoms. The van der Waals surface area contributed by atoms with E-state index >= 15 is 0 Å². The summed E-state index contributed by atoms with van der Waals surface area (Å²) in [6.45, 7) is 0. The summed E-state index contributed by atoms with van der Waals surface area (Å²) in [5.41, 5.74) is -1.40. The molecule has 1 saturated carbocycles. The topological polar surface area (TPSA) is 80.9 Å². The molecular formula is C8H9F3N4O2. The van der Waals surface area contributed by atoms with Gasteiger partial charge < -0.3 is 5.11 Å². The molecule has 0 spiro atoms. The lowest BCUT2D eigenvalue weighted by Crippen LogP contribution is -2.49. The number of rotatable bonds is 3. The lowest BCUT2D eigenvalue weighted by molar-refractivity contribution is -0.155. The van der Waals surface area contributed by atoms with Crippen molar-refractivity contribution in [1.29, 1.82) is 0 Å². The van der Waals surface area contributed by atoms with E-state index in [1.165, 1.54) is 0 Å². The first-order valence-corrected chi connectivity index (χ1v) is 4.93. The normalized spacial score (nSPS) is 18.8. The van der Waals surface area contributed by atoms with Crippen molar-refractivity contribution in [1.82, 2.24) is 20.2 Å². The molecular weight excluding hydrogens is 241 g/mol. The molecule has 9 heteroatoms. The first-order chi connectivity index (χ1) is 7.85. The van der Waals surface area contributed by atoms with E-state index in [-0.39, 0.29) is 12.8 Å². The molecule has 1 aliphatic carbocycles. The van der Waals surface area contributed by atoms with Crippen molar-refractivity contribution in [2.24, 2.45) is 0 Å². The van der Waals surface area contributed by atoms with Crippen LogP contribution in [0.15, 0.2) is 0 Å². The number of nitrogens with zero attached hydrogens (tertiary/aromatic N) is 4. The van der Waals surface area contributed by atoms with Crippen molar-refractivity contribution in [2.75, 3.05) is 0 Å². The highest BCUT2D eigenvalue weighted by Gasteiger charge is 2.49. The van der Waals surface area contributed by atoms with Crippen molar-refractivity contribution in [2.45, 2.75) is 37.4 Å². The molecule has 1 aliphatic rings. The number of aromatic nitrogens is 4. The van der Waals surface area contributed by atoms with Crippen LogP contribution in [0.5, 0.6) is 0 Å². The fourth-order valence-electron chi connectivity index (χ4n) is 1.86. The van der Waals surface area contributed by atoms with Gasteiger partial charge in [0.2, 0.25) is 0 Å². The van der Waals surface area contributed by atoms with Crippen LogP contribution < -0.4 is 0 Å². The van der Waals surface area contributed by atoms with E-state index in [4.69, 9.17) is 5.11 Å². The third-order valence-electron chi connectivity index (χ3n) is 2.88. The number of carboxylic acids is 1. The van der Waals surface area contributed by atoms with E-state index in [9.17, 15) is 18.0 Å². The van der Waals surface area contributed by atoms with Crippen LogP contribution in [0.25, 0.3) is 0 Å². The quantitative estimate of drug-likeness (QED) is 0.855. The Hall–Kier alpha value is -1.67. The highest BCUT2D eigenvalue weighted by molar-refractivity contribution is 5.77. The molecule has 0 aromatic carbocycles. The fraction of sp³-hybridized carbons (Fsp3) is 0.750. The number of alkyl halides is 3. The Balaban J connectivity index is 2.33. The van der Waals surface area contributed by atoms with E-state index in [1.54, 1.807) is 0 Å². The number of halogens is 3. The van der Waals surface area contributed by atoms with E-state index < -0.39 is 29.9 Å². The molecule has 1 N–H and O–H groups in total. The highest BCUT2D eigenvalue weighted by Crippen LogP contribution is 2.39. The molecule has 17 heavy (non-hydrogen) atoms. The van der Waals surface area contributed by atoms with E-state index in [0.29, 0.717) is 6.42 Å². The van der Waals surface area contributed by atoms with Gasteiger partial charge >= 0.3 is 12.1 Å². The number of carboxylic acid groups (broad SMARTS) is 1. The summed E-state index contributed by atoms with van der Waals surface area (Å²) < 4.78 is 37.6. The van der Waals surface area contributed by atoms with Gasteiger partial charge in [-0.2, -0.15) is 13.2 Å². The third kappa shape index (κ3) is 1.96. The van der Waals surface area contributed by atoms with Gasteiger partial charge in [0.25, 0.3) is 0 Å². The zero-order valence-electron chi connectivity index (χ0n) is 8.61. The van der Waals surface area contributed by atoms with Crippen molar-refractivity contribution in [3.8, 4) is 0 Å². The van der Waals surface area contributed by atoms with Crippen molar-refractivity contribution in [3.63, 3.8) is 0 Å². The monoisotopic (exact) mass is 250 g/mol. The minimum absolute atomic E-state index is 0.248. The van der Waals surface area contributed by atoms with Gasteiger partial charge in [-0.15, -0.1) is 5.10 Å². The number of carbonyl (C=O) groups is 1. The maximum atomic E-state index is 12.3. The van der Waals surface area contributed by atoms with Gasteiger partial charge in [-0.1, -0.05) is 0 Å². The van der Waals surface area contributed by atoms with Crippen LogP contribution in [-0.2, 0) is 16.8 Å². The molecule has 1 fully saturated rings. The molecule has 0 saturated heterocycles. The average molecular weight is 250 g/mol. The Morgan fingerprint density at radius 1 is 1.47 bits per heavy atom. The second-order valence-electron chi connectivity index (χ2n) is 3.99. The molecule has 2 rings (SSSR count). The summed E-state index contributed by atoms with van der Waals surface area (Å²) in [6.07, 6.45) is -4.65. The number of hydrogen-bond acceptors (Lipinski definition) is 4. The summed E-state index contributed by atoms with van der Waals surface area (Å²) >= 11 is 0. The predicted molar refractivity (Wildman–Crippen MR) is 47.0 cm³/mol. The van der Waals surface area contributed by atoms with Crippen LogP contribution in [0.2, 0.25) is 0 Å². The van der Waals surface area contributed by atoms with Gasteiger partial charge in [0, 0.05) is 0 Å². The Bertz CT molecular complexity index is 438. The second-order valence-corrected chi connectivity index (χ2v) is 3.99. The SMILES string of the molecule is O=C(O)C1(n2nnnc2CC(F)(F)F)CCC1. The predicted octanol–water partition coefficient (Wildman–Crippen LogP) is 0.742. The summed E-state index contributed by atoms with van der Waals surface area (Å²) in [4.78, 5) is 11.1. The standard InChI is InChI=1S/C8H9F3N4O2/c9-8(10,11)4-5-12-13-14-15(5)7(6(16)17)2-1-3-7/h1-4H2,(H,16,17). The molecule has 0 amide bonds. The van der Waals surface area contributed by atoms with Crippen LogP contribution in [0.3, 0.4) is 0 Å². The third-order valence-corrected chi connectivity index (χ3v) is 2.88. The molecule has 0 atom stereocenters.